The Kier molecular flexibility index (Phi) is 1.79. The molecule has 0 spiro atoms. The Morgan fingerprint density at radius 3 is 3.21 bits per heavy atom. The normalized spacial score (nSPS) is 18.9. The quantitative estimate of drug-likeness (QED) is 0.753. The minimum absolute atomic E-state index is 0.884. The van der Waals surface area contributed by atoms with E-state index in [0.717, 1.165) is 37.1 Å². The second-order valence-corrected chi connectivity index (χ2v) is 4.05. The number of fused-ring (bicyclic) bond motifs is 1. The maximum atomic E-state index is 4.29. The highest BCUT2D eigenvalue weighted by molar-refractivity contribution is 5.60. The summed E-state index contributed by atoms with van der Waals surface area (Å²) in [5.41, 5.74) is 1.26. The Hall–Kier alpha value is -1.32. The maximum Gasteiger partial charge on any atom is 0.134 e. The van der Waals surface area contributed by atoms with Gasteiger partial charge in [-0.1, -0.05) is 0 Å². The van der Waals surface area contributed by atoms with Gasteiger partial charge in [-0.15, -0.1) is 0 Å². The van der Waals surface area contributed by atoms with Crippen LogP contribution in [-0.2, 0) is 6.42 Å². The zero-order valence-electron chi connectivity index (χ0n) is 8.08. The van der Waals surface area contributed by atoms with E-state index in [-0.39, 0.29) is 0 Å². The van der Waals surface area contributed by atoms with Gasteiger partial charge >= 0.3 is 0 Å². The fraction of sp³-hybridized carbons (Fsp3) is 0.600. The van der Waals surface area contributed by atoms with E-state index >= 15 is 0 Å². The van der Waals surface area contributed by atoms with E-state index in [9.17, 15) is 0 Å². The molecular weight excluding hydrogens is 176 g/mol. The van der Waals surface area contributed by atoms with Gasteiger partial charge in [-0.25, -0.2) is 9.97 Å². The summed E-state index contributed by atoms with van der Waals surface area (Å²) in [4.78, 5) is 8.49. The van der Waals surface area contributed by atoms with Crippen molar-refractivity contribution in [2.75, 3.05) is 23.7 Å². The molecule has 3 rings (SSSR count). The van der Waals surface area contributed by atoms with E-state index in [0.29, 0.717) is 0 Å². The lowest BCUT2D eigenvalue weighted by atomic mass is 10.2. The molecule has 0 aromatic carbocycles. The number of anilines is 2. The molecule has 0 radical (unpaired) electrons. The van der Waals surface area contributed by atoms with Gasteiger partial charge in [0.15, 0.2) is 0 Å². The highest BCUT2D eigenvalue weighted by Gasteiger charge is 2.22. The van der Waals surface area contributed by atoms with Gasteiger partial charge in [0, 0.05) is 18.7 Å². The van der Waals surface area contributed by atoms with Crippen molar-refractivity contribution >= 4 is 11.6 Å². The first-order valence-electron chi connectivity index (χ1n) is 5.25. The molecule has 74 valence electrons. The molecule has 1 aromatic rings. The van der Waals surface area contributed by atoms with Gasteiger partial charge in [-0.2, -0.15) is 0 Å². The third-order valence-corrected chi connectivity index (χ3v) is 2.87. The second-order valence-electron chi connectivity index (χ2n) is 4.05. The molecule has 2 N–H and O–H groups in total. The van der Waals surface area contributed by atoms with E-state index in [1.54, 1.807) is 6.33 Å². The first kappa shape index (κ1) is 8.03. The van der Waals surface area contributed by atoms with Gasteiger partial charge in [0.25, 0.3) is 0 Å². The lowest BCUT2D eigenvalue weighted by Crippen LogP contribution is -2.07. The fourth-order valence-electron chi connectivity index (χ4n) is 1.82. The third-order valence-electron chi connectivity index (χ3n) is 2.87. The fourth-order valence-corrected chi connectivity index (χ4v) is 1.82. The predicted octanol–water partition coefficient (Wildman–Crippen LogP) is 1.27. The van der Waals surface area contributed by atoms with Gasteiger partial charge in [-0.05, 0) is 25.2 Å². The molecule has 1 aromatic heterocycles. The third kappa shape index (κ3) is 1.41. The van der Waals surface area contributed by atoms with E-state index in [1.165, 1.54) is 18.4 Å². The van der Waals surface area contributed by atoms with Gasteiger partial charge in [-0.3, -0.25) is 0 Å². The molecule has 1 aliphatic heterocycles. The molecule has 0 atom stereocenters. The highest BCUT2D eigenvalue weighted by Crippen LogP contribution is 2.30. The minimum Gasteiger partial charge on any atom is -0.369 e. The summed E-state index contributed by atoms with van der Waals surface area (Å²) in [5.74, 6) is 2.93. The average Bonchev–Trinajstić information content (AvgIpc) is 2.91. The topological polar surface area (TPSA) is 49.8 Å². The Bertz CT molecular complexity index is 346. The molecule has 2 heterocycles. The summed E-state index contributed by atoms with van der Waals surface area (Å²) in [7, 11) is 0. The van der Waals surface area contributed by atoms with Crippen LogP contribution in [0.15, 0.2) is 6.33 Å². The van der Waals surface area contributed by atoms with Gasteiger partial charge in [0.1, 0.15) is 18.0 Å². The number of rotatable bonds is 3. The van der Waals surface area contributed by atoms with Gasteiger partial charge in [0.05, 0.1) is 0 Å². The standard InChI is InChI=1S/C10H14N4/c1-2-7(1)5-12-10-8-3-4-11-9(8)13-6-14-10/h6-7H,1-5H2,(H2,11,12,13,14). The Balaban J connectivity index is 1.78. The van der Waals surface area contributed by atoms with Crippen LogP contribution in [0.4, 0.5) is 11.6 Å². The van der Waals surface area contributed by atoms with Crippen molar-refractivity contribution in [3.8, 4) is 0 Å². The van der Waals surface area contributed by atoms with Crippen LogP contribution in [0.3, 0.4) is 0 Å². The molecule has 1 fully saturated rings. The smallest absolute Gasteiger partial charge is 0.134 e. The Morgan fingerprint density at radius 2 is 2.36 bits per heavy atom. The zero-order valence-corrected chi connectivity index (χ0v) is 8.08. The monoisotopic (exact) mass is 190 g/mol. The molecular formula is C10H14N4. The average molecular weight is 190 g/mol. The van der Waals surface area contributed by atoms with Crippen LogP contribution in [0.2, 0.25) is 0 Å². The van der Waals surface area contributed by atoms with Crippen LogP contribution in [0.25, 0.3) is 0 Å². The van der Waals surface area contributed by atoms with Gasteiger partial charge in [0.2, 0.25) is 0 Å². The zero-order chi connectivity index (χ0) is 9.38. The van der Waals surface area contributed by atoms with Crippen molar-refractivity contribution in [3.63, 3.8) is 0 Å². The first-order valence-corrected chi connectivity index (χ1v) is 5.25. The van der Waals surface area contributed by atoms with Crippen molar-refractivity contribution in [1.29, 1.82) is 0 Å². The van der Waals surface area contributed by atoms with Crippen molar-refractivity contribution in [1.82, 2.24) is 9.97 Å². The van der Waals surface area contributed by atoms with Crippen molar-refractivity contribution in [2.45, 2.75) is 19.3 Å². The SMILES string of the molecule is c1nc2c(c(NCC3CC3)n1)CCN2. The van der Waals surface area contributed by atoms with Crippen molar-refractivity contribution < 1.29 is 0 Å². The Morgan fingerprint density at radius 1 is 1.43 bits per heavy atom. The second kappa shape index (κ2) is 3.12. The summed E-state index contributed by atoms with van der Waals surface area (Å²) in [5, 5.41) is 6.67. The largest absolute Gasteiger partial charge is 0.369 e. The summed E-state index contributed by atoms with van der Waals surface area (Å²) in [6.07, 6.45) is 5.42. The van der Waals surface area contributed by atoms with Crippen LogP contribution >= 0.6 is 0 Å². The van der Waals surface area contributed by atoms with Gasteiger partial charge < -0.3 is 10.6 Å². The highest BCUT2D eigenvalue weighted by atomic mass is 15.1. The molecule has 0 unspecified atom stereocenters. The summed E-state index contributed by atoms with van der Waals surface area (Å²) in [6, 6.07) is 0. The lowest BCUT2D eigenvalue weighted by Gasteiger charge is -2.07. The van der Waals surface area contributed by atoms with Crippen LogP contribution in [-0.4, -0.2) is 23.1 Å². The maximum absolute atomic E-state index is 4.29. The number of aromatic nitrogens is 2. The van der Waals surface area contributed by atoms with E-state index in [1.807, 2.05) is 0 Å². The van der Waals surface area contributed by atoms with Crippen LogP contribution < -0.4 is 10.6 Å². The molecule has 1 aliphatic carbocycles. The molecule has 14 heavy (non-hydrogen) atoms. The Labute approximate surface area is 83.1 Å². The number of hydrogen-bond donors (Lipinski definition) is 2. The molecule has 0 saturated heterocycles. The van der Waals surface area contributed by atoms with Crippen LogP contribution in [0.5, 0.6) is 0 Å². The summed E-state index contributed by atoms with van der Waals surface area (Å²) < 4.78 is 0. The van der Waals surface area contributed by atoms with Crippen LogP contribution in [0.1, 0.15) is 18.4 Å². The lowest BCUT2D eigenvalue weighted by molar-refractivity contribution is 0.877. The summed E-state index contributed by atoms with van der Waals surface area (Å²) >= 11 is 0. The van der Waals surface area contributed by atoms with Crippen molar-refractivity contribution in [2.24, 2.45) is 5.92 Å². The number of nitrogens with zero attached hydrogens (tertiary/aromatic N) is 2. The van der Waals surface area contributed by atoms with E-state index in [4.69, 9.17) is 0 Å². The molecule has 4 nitrogen and oxygen atoms in total. The summed E-state index contributed by atoms with van der Waals surface area (Å²) in [6.45, 7) is 2.07. The van der Waals surface area contributed by atoms with Crippen LogP contribution in [0, 0.1) is 5.92 Å². The number of hydrogen-bond acceptors (Lipinski definition) is 4. The number of nitrogens with one attached hydrogen (secondary N) is 2. The molecule has 0 amide bonds. The molecule has 0 bridgehead atoms. The van der Waals surface area contributed by atoms with E-state index < -0.39 is 0 Å². The van der Waals surface area contributed by atoms with E-state index in [2.05, 4.69) is 20.6 Å². The molecule has 4 heteroatoms. The van der Waals surface area contributed by atoms with Crippen molar-refractivity contribution in [3.05, 3.63) is 11.9 Å². The predicted molar refractivity (Wildman–Crippen MR) is 55.4 cm³/mol. The molecule has 2 aliphatic rings. The minimum atomic E-state index is 0.884. The first-order chi connectivity index (χ1) is 6.93. The molecule has 1 saturated carbocycles.